The molecule has 33 heavy (non-hydrogen) atoms. The Morgan fingerprint density at radius 1 is 0.909 bits per heavy atom. The average molecular weight is 443 g/mol. The molecule has 1 N–H and O–H groups in total. The number of carbonyl (C=O) groups is 1. The maximum atomic E-state index is 12.5. The molecule has 0 atom stereocenters. The van der Waals surface area contributed by atoms with E-state index in [1.807, 2.05) is 60.7 Å². The average Bonchev–Trinajstić information content (AvgIpc) is 3.34. The summed E-state index contributed by atoms with van der Waals surface area (Å²) in [6, 6.07) is 24.7. The highest BCUT2D eigenvalue weighted by Gasteiger charge is 2.13. The maximum absolute atomic E-state index is 12.5. The van der Waals surface area contributed by atoms with Crippen molar-refractivity contribution in [3.8, 4) is 28.6 Å². The lowest BCUT2D eigenvalue weighted by atomic mass is 10.0. The van der Waals surface area contributed by atoms with Crippen molar-refractivity contribution in [2.75, 3.05) is 7.11 Å². The summed E-state index contributed by atoms with van der Waals surface area (Å²) in [4.78, 5) is 12.5. The number of aromatic nitrogens is 1. The van der Waals surface area contributed by atoms with Crippen LogP contribution in [0.5, 0.6) is 17.2 Å². The zero-order valence-electron chi connectivity index (χ0n) is 18.9. The van der Waals surface area contributed by atoms with Crippen LogP contribution in [-0.2, 0) is 6.54 Å². The van der Waals surface area contributed by atoms with Crippen molar-refractivity contribution in [1.82, 2.24) is 10.5 Å². The van der Waals surface area contributed by atoms with Gasteiger partial charge in [0.2, 0.25) is 0 Å². The maximum Gasteiger partial charge on any atom is 0.273 e. The molecule has 4 rings (SSSR count). The highest BCUT2D eigenvalue weighted by Crippen LogP contribution is 2.25. The number of carbonyl (C=O) groups excluding carboxylic acids is 1. The summed E-state index contributed by atoms with van der Waals surface area (Å²) in [5.74, 6) is 2.98. The number of benzene rings is 3. The van der Waals surface area contributed by atoms with Crippen LogP contribution in [0.1, 0.15) is 41.4 Å². The van der Waals surface area contributed by atoms with Crippen LogP contribution in [0.4, 0.5) is 0 Å². The molecule has 0 bridgehead atoms. The summed E-state index contributed by atoms with van der Waals surface area (Å²) in [6.07, 6.45) is 0. The highest BCUT2D eigenvalue weighted by atomic mass is 16.5. The second-order valence-corrected chi connectivity index (χ2v) is 7.96. The third kappa shape index (κ3) is 5.60. The molecule has 1 amide bonds. The number of ether oxygens (including phenoxy) is 2. The van der Waals surface area contributed by atoms with E-state index in [2.05, 4.69) is 36.5 Å². The topological polar surface area (TPSA) is 73.6 Å². The molecular weight excluding hydrogens is 416 g/mol. The second-order valence-electron chi connectivity index (χ2n) is 7.96. The fourth-order valence-electron chi connectivity index (χ4n) is 3.28. The highest BCUT2D eigenvalue weighted by molar-refractivity contribution is 5.93. The Hall–Kier alpha value is -4.06. The van der Waals surface area contributed by atoms with Gasteiger partial charge in [-0.25, -0.2) is 0 Å². The molecule has 0 aliphatic rings. The summed E-state index contributed by atoms with van der Waals surface area (Å²) in [7, 11) is 1.61. The van der Waals surface area contributed by atoms with Gasteiger partial charge in [0, 0.05) is 18.2 Å². The molecule has 0 saturated heterocycles. The number of nitrogens with zero attached hydrogens (tertiary/aromatic N) is 1. The van der Waals surface area contributed by atoms with E-state index in [9.17, 15) is 4.79 Å². The molecule has 3 aromatic carbocycles. The van der Waals surface area contributed by atoms with Gasteiger partial charge in [0.05, 0.1) is 7.11 Å². The Morgan fingerprint density at radius 3 is 2.12 bits per heavy atom. The number of amides is 1. The van der Waals surface area contributed by atoms with Crippen molar-refractivity contribution in [2.24, 2.45) is 0 Å². The Bertz CT molecular complexity index is 1190. The van der Waals surface area contributed by atoms with Crippen LogP contribution in [0, 0.1) is 0 Å². The van der Waals surface area contributed by atoms with Gasteiger partial charge in [0.15, 0.2) is 11.5 Å². The molecule has 0 unspecified atom stereocenters. The molecule has 6 heteroatoms. The summed E-state index contributed by atoms with van der Waals surface area (Å²) in [6.45, 7) is 4.69. The molecular formula is C27H26N2O4. The summed E-state index contributed by atoms with van der Waals surface area (Å²) in [5, 5.41) is 6.75. The first-order valence-corrected chi connectivity index (χ1v) is 10.8. The molecule has 1 aromatic heterocycles. The fourth-order valence-corrected chi connectivity index (χ4v) is 3.28. The molecule has 168 valence electrons. The van der Waals surface area contributed by atoms with Crippen molar-refractivity contribution in [1.29, 1.82) is 0 Å². The van der Waals surface area contributed by atoms with Gasteiger partial charge in [-0.1, -0.05) is 43.3 Å². The number of hydrogen-bond acceptors (Lipinski definition) is 5. The van der Waals surface area contributed by atoms with Crippen LogP contribution >= 0.6 is 0 Å². The van der Waals surface area contributed by atoms with Crippen LogP contribution < -0.4 is 14.8 Å². The Labute approximate surface area is 193 Å². The van der Waals surface area contributed by atoms with E-state index in [1.165, 1.54) is 5.56 Å². The molecule has 0 fully saturated rings. The van der Waals surface area contributed by atoms with Gasteiger partial charge in [-0.2, -0.15) is 0 Å². The minimum Gasteiger partial charge on any atom is -0.497 e. The SMILES string of the molecule is COc1ccc(-c2cc(C(=O)NCc3ccc(Oc4ccc(C(C)C)cc4)cc3)no2)cc1. The van der Waals surface area contributed by atoms with Crippen molar-refractivity contribution in [2.45, 2.75) is 26.3 Å². The predicted octanol–water partition coefficient (Wildman–Crippen LogP) is 6.20. The van der Waals surface area contributed by atoms with Crippen LogP contribution in [-0.4, -0.2) is 18.2 Å². The third-order valence-corrected chi connectivity index (χ3v) is 5.28. The molecule has 4 aromatic rings. The largest absolute Gasteiger partial charge is 0.497 e. The van der Waals surface area contributed by atoms with E-state index in [0.29, 0.717) is 18.2 Å². The lowest BCUT2D eigenvalue weighted by molar-refractivity contribution is 0.0942. The van der Waals surface area contributed by atoms with Gasteiger partial charge in [-0.05, 0) is 65.6 Å². The van der Waals surface area contributed by atoms with Gasteiger partial charge in [0.25, 0.3) is 5.91 Å². The Balaban J connectivity index is 1.31. The first-order valence-electron chi connectivity index (χ1n) is 10.8. The van der Waals surface area contributed by atoms with E-state index < -0.39 is 0 Å². The summed E-state index contributed by atoms with van der Waals surface area (Å²) < 4.78 is 16.4. The van der Waals surface area contributed by atoms with Crippen LogP contribution in [0.3, 0.4) is 0 Å². The van der Waals surface area contributed by atoms with Gasteiger partial charge >= 0.3 is 0 Å². The Kier molecular flexibility index (Phi) is 6.74. The standard InChI is InChI=1S/C27H26N2O4/c1-18(2)20-6-14-24(15-7-20)32-23-10-4-19(5-11-23)17-28-27(30)25-16-26(33-29-25)21-8-12-22(31-3)13-9-21/h4-16,18H,17H2,1-3H3,(H,28,30). The smallest absolute Gasteiger partial charge is 0.273 e. The molecule has 0 aliphatic heterocycles. The first kappa shape index (κ1) is 22.1. The molecule has 0 saturated carbocycles. The normalized spacial score (nSPS) is 10.8. The fraction of sp³-hybridized carbons (Fsp3) is 0.185. The molecule has 0 radical (unpaired) electrons. The van der Waals surface area contributed by atoms with E-state index in [1.54, 1.807) is 13.2 Å². The minimum absolute atomic E-state index is 0.227. The van der Waals surface area contributed by atoms with Crippen molar-refractivity contribution in [3.63, 3.8) is 0 Å². The number of rotatable bonds is 8. The Morgan fingerprint density at radius 2 is 1.52 bits per heavy atom. The van der Waals surface area contributed by atoms with Gasteiger partial charge in [-0.15, -0.1) is 0 Å². The third-order valence-electron chi connectivity index (χ3n) is 5.28. The van der Waals surface area contributed by atoms with E-state index in [0.717, 1.165) is 28.4 Å². The van der Waals surface area contributed by atoms with E-state index in [-0.39, 0.29) is 11.6 Å². The number of methoxy groups -OCH3 is 1. The lowest BCUT2D eigenvalue weighted by Crippen LogP contribution is -2.22. The molecule has 1 heterocycles. The van der Waals surface area contributed by atoms with Gasteiger partial charge in [-0.3, -0.25) is 4.79 Å². The number of hydrogen-bond donors (Lipinski definition) is 1. The number of nitrogens with one attached hydrogen (secondary N) is 1. The molecule has 0 spiro atoms. The summed E-state index contributed by atoms with van der Waals surface area (Å²) in [5.41, 5.74) is 3.27. The second kappa shape index (κ2) is 10.0. The van der Waals surface area contributed by atoms with E-state index in [4.69, 9.17) is 14.0 Å². The monoisotopic (exact) mass is 442 g/mol. The van der Waals surface area contributed by atoms with Crippen LogP contribution in [0.25, 0.3) is 11.3 Å². The van der Waals surface area contributed by atoms with Crippen LogP contribution in [0.15, 0.2) is 83.4 Å². The zero-order valence-corrected chi connectivity index (χ0v) is 18.9. The molecule has 0 aliphatic carbocycles. The molecule has 6 nitrogen and oxygen atoms in total. The van der Waals surface area contributed by atoms with Gasteiger partial charge in [0.1, 0.15) is 17.2 Å². The predicted molar refractivity (Wildman–Crippen MR) is 127 cm³/mol. The van der Waals surface area contributed by atoms with Gasteiger partial charge < -0.3 is 19.3 Å². The first-order chi connectivity index (χ1) is 16.0. The quantitative estimate of drug-likeness (QED) is 0.352. The van der Waals surface area contributed by atoms with Crippen molar-refractivity contribution in [3.05, 3.63) is 95.7 Å². The van der Waals surface area contributed by atoms with Crippen molar-refractivity contribution >= 4 is 5.91 Å². The zero-order chi connectivity index (χ0) is 23.2. The summed E-state index contributed by atoms with van der Waals surface area (Å²) >= 11 is 0. The lowest BCUT2D eigenvalue weighted by Gasteiger charge is -2.09. The minimum atomic E-state index is -0.302. The van der Waals surface area contributed by atoms with Crippen LogP contribution in [0.2, 0.25) is 0 Å². The van der Waals surface area contributed by atoms with Crippen molar-refractivity contribution < 1.29 is 18.8 Å². The van der Waals surface area contributed by atoms with E-state index >= 15 is 0 Å².